The van der Waals surface area contributed by atoms with Crippen LogP contribution in [0.1, 0.15) is 5.56 Å². The Kier molecular flexibility index (Phi) is 3.36. The minimum Gasteiger partial charge on any atom is -0.497 e. The van der Waals surface area contributed by atoms with E-state index in [1.54, 1.807) is 17.9 Å². The van der Waals surface area contributed by atoms with Crippen molar-refractivity contribution in [3.05, 3.63) is 54.1 Å². The number of hydrogen-bond donors (Lipinski definition) is 1. The van der Waals surface area contributed by atoms with Crippen LogP contribution in [0.25, 0.3) is 10.9 Å². The van der Waals surface area contributed by atoms with Gasteiger partial charge in [-0.15, -0.1) is 0 Å². The first-order chi connectivity index (χ1) is 10.2. The van der Waals surface area contributed by atoms with E-state index < -0.39 is 0 Å². The second-order valence-corrected chi connectivity index (χ2v) is 4.77. The van der Waals surface area contributed by atoms with Crippen molar-refractivity contribution in [2.24, 2.45) is 12.0 Å². The maximum atomic E-state index is 10.2. The molecule has 0 amide bonds. The van der Waals surface area contributed by atoms with E-state index in [-0.39, 0.29) is 5.88 Å². The zero-order valence-corrected chi connectivity index (χ0v) is 11.9. The standard InChI is InChI=1S/C17H16N2O2/c1-19-16-9-4-3-8-14(16)15(17(19)20)11-18-12-6-5-7-13(10-12)21-2/h3-11,20H,1-2H3. The van der Waals surface area contributed by atoms with Crippen LogP contribution in [-0.4, -0.2) is 23.0 Å². The van der Waals surface area contributed by atoms with Crippen LogP contribution in [0.4, 0.5) is 5.69 Å². The molecule has 0 spiro atoms. The van der Waals surface area contributed by atoms with Gasteiger partial charge in [-0.1, -0.05) is 24.3 Å². The van der Waals surface area contributed by atoms with Gasteiger partial charge in [0.15, 0.2) is 0 Å². The van der Waals surface area contributed by atoms with Crippen LogP contribution in [0.3, 0.4) is 0 Å². The summed E-state index contributed by atoms with van der Waals surface area (Å²) in [6, 6.07) is 15.3. The summed E-state index contributed by atoms with van der Waals surface area (Å²) < 4.78 is 6.93. The fourth-order valence-electron chi connectivity index (χ4n) is 2.37. The van der Waals surface area contributed by atoms with E-state index in [0.717, 1.165) is 27.9 Å². The van der Waals surface area contributed by atoms with E-state index >= 15 is 0 Å². The molecule has 1 aromatic heterocycles. The van der Waals surface area contributed by atoms with Gasteiger partial charge in [0.05, 0.1) is 23.9 Å². The molecule has 0 radical (unpaired) electrons. The normalized spacial score (nSPS) is 11.3. The number of ether oxygens (including phenoxy) is 1. The van der Waals surface area contributed by atoms with E-state index in [9.17, 15) is 5.11 Å². The van der Waals surface area contributed by atoms with Gasteiger partial charge in [0.25, 0.3) is 0 Å². The number of aryl methyl sites for hydroxylation is 1. The number of rotatable bonds is 3. The highest BCUT2D eigenvalue weighted by molar-refractivity contribution is 6.03. The lowest BCUT2D eigenvalue weighted by molar-refractivity contribution is 0.415. The molecule has 0 aliphatic rings. The van der Waals surface area contributed by atoms with Gasteiger partial charge in [-0.2, -0.15) is 0 Å². The maximum absolute atomic E-state index is 10.2. The Labute approximate surface area is 122 Å². The summed E-state index contributed by atoms with van der Waals surface area (Å²) in [4.78, 5) is 4.43. The molecule has 1 heterocycles. The molecule has 0 unspecified atom stereocenters. The molecule has 0 aliphatic heterocycles. The third-order valence-electron chi connectivity index (χ3n) is 3.51. The van der Waals surface area contributed by atoms with Gasteiger partial charge in [-0.25, -0.2) is 0 Å². The topological polar surface area (TPSA) is 46.8 Å². The van der Waals surface area contributed by atoms with E-state index in [4.69, 9.17) is 4.74 Å². The molecule has 0 fully saturated rings. The lowest BCUT2D eigenvalue weighted by Crippen LogP contribution is -1.86. The van der Waals surface area contributed by atoms with Crippen LogP contribution in [0.2, 0.25) is 0 Å². The summed E-state index contributed by atoms with van der Waals surface area (Å²) in [6.45, 7) is 0. The number of aromatic nitrogens is 1. The number of hydrogen-bond acceptors (Lipinski definition) is 3. The Bertz CT molecular complexity index is 819. The fourth-order valence-corrected chi connectivity index (χ4v) is 2.37. The molecule has 0 saturated heterocycles. The van der Waals surface area contributed by atoms with Gasteiger partial charge < -0.3 is 14.4 Å². The van der Waals surface area contributed by atoms with E-state index in [1.807, 2.05) is 55.6 Å². The van der Waals surface area contributed by atoms with Gasteiger partial charge >= 0.3 is 0 Å². The monoisotopic (exact) mass is 280 g/mol. The fraction of sp³-hybridized carbons (Fsp3) is 0.118. The number of benzene rings is 2. The smallest absolute Gasteiger partial charge is 0.200 e. The average molecular weight is 280 g/mol. The Balaban J connectivity index is 2.05. The Hall–Kier alpha value is -2.75. The predicted octanol–water partition coefficient (Wildman–Crippen LogP) is 3.64. The highest BCUT2D eigenvalue weighted by Crippen LogP contribution is 2.29. The lowest BCUT2D eigenvalue weighted by Gasteiger charge is -1.99. The van der Waals surface area contributed by atoms with Gasteiger partial charge in [0.1, 0.15) is 5.75 Å². The van der Waals surface area contributed by atoms with Crippen molar-refractivity contribution in [1.82, 2.24) is 4.57 Å². The Morgan fingerprint density at radius 1 is 1.14 bits per heavy atom. The van der Waals surface area contributed by atoms with E-state index in [1.165, 1.54) is 0 Å². The van der Waals surface area contributed by atoms with Gasteiger partial charge in [-0.05, 0) is 18.2 Å². The summed E-state index contributed by atoms with van der Waals surface area (Å²) in [5.41, 5.74) is 2.47. The molecule has 4 heteroatoms. The number of aromatic hydroxyl groups is 1. The summed E-state index contributed by atoms with van der Waals surface area (Å²) in [7, 11) is 3.46. The average Bonchev–Trinajstić information content (AvgIpc) is 2.78. The molecule has 2 aromatic carbocycles. The molecule has 3 rings (SSSR count). The van der Waals surface area contributed by atoms with E-state index in [0.29, 0.717) is 0 Å². The highest BCUT2D eigenvalue weighted by atomic mass is 16.5. The minimum absolute atomic E-state index is 0.211. The number of nitrogens with zero attached hydrogens (tertiary/aromatic N) is 2. The lowest BCUT2D eigenvalue weighted by atomic mass is 10.2. The molecule has 4 nitrogen and oxygen atoms in total. The first kappa shape index (κ1) is 13.2. The van der Waals surface area contributed by atoms with Crippen molar-refractivity contribution in [2.75, 3.05) is 7.11 Å². The zero-order valence-electron chi connectivity index (χ0n) is 11.9. The SMILES string of the molecule is COc1cccc(N=Cc2c(O)n(C)c3ccccc23)c1. The quantitative estimate of drug-likeness (QED) is 0.744. The summed E-state index contributed by atoms with van der Waals surface area (Å²) in [5, 5.41) is 11.2. The summed E-state index contributed by atoms with van der Waals surface area (Å²) in [5.74, 6) is 0.967. The van der Waals surface area contributed by atoms with Crippen molar-refractivity contribution < 1.29 is 9.84 Å². The maximum Gasteiger partial charge on any atom is 0.200 e. The second-order valence-electron chi connectivity index (χ2n) is 4.77. The van der Waals surface area contributed by atoms with Gasteiger partial charge in [0.2, 0.25) is 5.88 Å². The number of methoxy groups -OCH3 is 1. The molecule has 0 saturated carbocycles. The molecule has 1 N–H and O–H groups in total. The number of aliphatic imine (C=N–C) groups is 1. The van der Waals surface area contributed by atoms with Crippen LogP contribution in [0.5, 0.6) is 11.6 Å². The Morgan fingerprint density at radius 3 is 2.76 bits per heavy atom. The molecule has 106 valence electrons. The van der Waals surface area contributed by atoms with Crippen LogP contribution in [0.15, 0.2) is 53.5 Å². The van der Waals surface area contributed by atoms with Crippen molar-refractivity contribution in [3.8, 4) is 11.6 Å². The summed E-state index contributed by atoms with van der Waals surface area (Å²) in [6.07, 6.45) is 1.69. The largest absolute Gasteiger partial charge is 0.497 e. The third kappa shape index (κ3) is 2.36. The molecule has 3 aromatic rings. The first-order valence-corrected chi connectivity index (χ1v) is 6.65. The summed E-state index contributed by atoms with van der Waals surface area (Å²) >= 11 is 0. The molecule has 0 aliphatic carbocycles. The van der Waals surface area contributed by atoms with E-state index in [2.05, 4.69) is 4.99 Å². The highest BCUT2D eigenvalue weighted by Gasteiger charge is 2.11. The zero-order chi connectivity index (χ0) is 14.8. The Morgan fingerprint density at radius 2 is 1.95 bits per heavy atom. The number of para-hydroxylation sites is 1. The van der Waals surface area contributed by atoms with Gasteiger partial charge in [-0.3, -0.25) is 4.99 Å². The molecule has 21 heavy (non-hydrogen) atoms. The van der Waals surface area contributed by atoms with Crippen LogP contribution < -0.4 is 4.74 Å². The van der Waals surface area contributed by atoms with Crippen LogP contribution in [-0.2, 0) is 7.05 Å². The molecule has 0 bridgehead atoms. The van der Waals surface area contributed by atoms with Crippen molar-refractivity contribution in [2.45, 2.75) is 0 Å². The first-order valence-electron chi connectivity index (χ1n) is 6.65. The predicted molar refractivity (Wildman–Crippen MR) is 84.8 cm³/mol. The van der Waals surface area contributed by atoms with Crippen molar-refractivity contribution >= 4 is 22.8 Å². The number of fused-ring (bicyclic) bond motifs is 1. The molecule has 0 atom stereocenters. The molecular formula is C17H16N2O2. The molecular weight excluding hydrogens is 264 g/mol. The van der Waals surface area contributed by atoms with Crippen LogP contribution in [0, 0.1) is 0 Å². The third-order valence-corrected chi connectivity index (χ3v) is 3.51. The minimum atomic E-state index is 0.211. The van der Waals surface area contributed by atoms with Crippen LogP contribution >= 0.6 is 0 Å². The van der Waals surface area contributed by atoms with Gasteiger partial charge in [0, 0.05) is 24.7 Å². The second kappa shape index (κ2) is 5.32. The van der Waals surface area contributed by atoms with Crippen molar-refractivity contribution in [3.63, 3.8) is 0 Å². The van der Waals surface area contributed by atoms with Crippen molar-refractivity contribution in [1.29, 1.82) is 0 Å².